The van der Waals surface area contributed by atoms with E-state index in [9.17, 15) is 10.1 Å². The second-order valence-corrected chi connectivity index (χ2v) is 3.84. The summed E-state index contributed by atoms with van der Waals surface area (Å²) in [6.45, 7) is 0. The van der Waals surface area contributed by atoms with Crippen molar-refractivity contribution in [1.82, 2.24) is 9.97 Å². The van der Waals surface area contributed by atoms with Crippen molar-refractivity contribution in [3.8, 4) is 0 Å². The number of nitrogens with zero attached hydrogens (tertiary/aromatic N) is 3. The lowest BCUT2D eigenvalue weighted by Gasteiger charge is -2.09. The van der Waals surface area contributed by atoms with Gasteiger partial charge < -0.3 is 5.73 Å². The third-order valence-electron chi connectivity index (χ3n) is 2.52. The summed E-state index contributed by atoms with van der Waals surface area (Å²) in [5.41, 5.74) is 6.96. The lowest BCUT2D eigenvalue weighted by atomic mass is 10.1. The Morgan fingerprint density at radius 3 is 2.39 bits per heavy atom. The lowest BCUT2D eigenvalue weighted by molar-refractivity contribution is -0.384. The predicted octanol–water partition coefficient (Wildman–Crippen LogP) is 1.63. The van der Waals surface area contributed by atoms with Crippen LogP contribution in [0.1, 0.15) is 17.4 Å². The SMILES string of the molecule is NC(Cc1ccc([N+](=O)[O-])cc1)c1ncccn1. The van der Waals surface area contributed by atoms with Gasteiger partial charge in [-0.15, -0.1) is 0 Å². The summed E-state index contributed by atoms with van der Waals surface area (Å²) in [6.07, 6.45) is 3.82. The Morgan fingerprint density at radius 1 is 1.22 bits per heavy atom. The molecule has 2 rings (SSSR count). The third kappa shape index (κ3) is 2.86. The Hall–Kier alpha value is -2.34. The van der Waals surface area contributed by atoms with Crippen molar-refractivity contribution >= 4 is 5.69 Å². The van der Waals surface area contributed by atoms with Crippen LogP contribution in [-0.4, -0.2) is 14.9 Å². The highest BCUT2D eigenvalue weighted by Crippen LogP contribution is 2.16. The average Bonchev–Trinajstić information content (AvgIpc) is 2.40. The molecule has 0 spiro atoms. The first-order valence-electron chi connectivity index (χ1n) is 5.42. The van der Waals surface area contributed by atoms with Gasteiger partial charge in [0.05, 0.1) is 11.0 Å². The predicted molar refractivity (Wildman–Crippen MR) is 65.8 cm³/mol. The van der Waals surface area contributed by atoms with E-state index in [0.29, 0.717) is 12.2 Å². The minimum atomic E-state index is -0.427. The van der Waals surface area contributed by atoms with Crippen LogP contribution in [0.3, 0.4) is 0 Å². The fraction of sp³-hybridized carbons (Fsp3) is 0.167. The Bertz CT molecular complexity index is 528. The van der Waals surface area contributed by atoms with E-state index in [1.807, 2.05) is 0 Å². The van der Waals surface area contributed by atoms with Crippen molar-refractivity contribution in [2.75, 3.05) is 0 Å². The van der Waals surface area contributed by atoms with E-state index in [1.165, 1.54) is 12.1 Å². The second kappa shape index (κ2) is 5.33. The van der Waals surface area contributed by atoms with Crippen LogP contribution in [0.2, 0.25) is 0 Å². The molecule has 0 saturated heterocycles. The molecule has 1 aromatic heterocycles. The van der Waals surface area contributed by atoms with E-state index >= 15 is 0 Å². The summed E-state index contributed by atoms with van der Waals surface area (Å²) in [5.74, 6) is 0.566. The Labute approximate surface area is 104 Å². The number of rotatable bonds is 4. The second-order valence-electron chi connectivity index (χ2n) is 3.84. The van der Waals surface area contributed by atoms with E-state index in [1.54, 1.807) is 30.6 Å². The van der Waals surface area contributed by atoms with Gasteiger partial charge in [-0.1, -0.05) is 12.1 Å². The summed E-state index contributed by atoms with van der Waals surface area (Å²) in [7, 11) is 0. The van der Waals surface area contributed by atoms with Crippen LogP contribution >= 0.6 is 0 Å². The topological polar surface area (TPSA) is 94.9 Å². The van der Waals surface area contributed by atoms with Crippen LogP contribution < -0.4 is 5.73 Å². The lowest BCUT2D eigenvalue weighted by Crippen LogP contribution is -2.16. The van der Waals surface area contributed by atoms with Gasteiger partial charge in [-0.2, -0.15) is 0 Å². The molecule has 0 fully saturated rings. The normalized spacial score (nSPS) is 12.1. The van der Waals surface area contributed by atoms with Gasteiger partial charge in [0, 0.05) is 24.5 Å². The number of nitro benzene ring substituents is 1. The highest BCUT2D eigenvalue weighted by Gasteiger charge is 2.10. The molecular formula is C12H12N4O2. The molecule has 0 saturated carbocycles. The molecule has 0 aliphatic rings. The minimum Gasteiger partial charge on any atom is -0.321 e. The summed E-state index contributed by atoms with van der Waals surface area (Å²) in [4.78, 5) is 18.2. The first kappa shape index (κ1) is 12.1. The molecule has 2 N–H and O–H groups in total. The van der Waals surface area contributed by atoms with E-state index in [4.69, 9.17) is 5.73 Å². The molecule has 1 heterocycles. The quantitative estimate of drug-likeness (QED) is 0.651. The monoisotopic (exact) mass is 244 g/mol. The van der Waals surface area contributed by atoms with Crippen molar-refractivity contribution in [3.05, 3.63) is 64.2 Å². The van der Waals surface area contributed by atoms with Crippen LogP contribution in [0.4, 0.5) is 5.69 Å². The number of non-ortho nitro benzene ring substituents is 1. The zero-order valence-electron chi connectivity index (χ0n) is 9.56. The maximum Gasteiger partial charge on any atom is 0.269 e. The molecule has 1 atom stereocenters. The van der Waals surface area contributed by atoms with Gasteiger partial charge in [-0.05, 0) is 18.1 Å². The zero-order chi connectivity index (χ0) is 13.0. The highest BCUT2D eigenvalue weighted by atomic mass is 16.6. The highest BCUT2D eigenvalue weighted by molar-refractivity contribution is 5.33. The fourth-order valence-electron chi connectivity index (χ4n) is 1.60. The molecule has 0 bridgehead atoms. The molecule has 0 radical (unpaired) electrons. The van der Waals surface area contributed by atoms with E-state index in [2.05, 4.69) is 9.97 Å². The zero-order valence-corrected chi connectivity index (χ0v) is 9.56. The van der Waals surface area contributed by atoms with Gasteiger partial charge in [-0.25, -0.2) is 9.97 Å². The number of nitrogens with two attached hydrogens (primary N) is 1. The first-order valence-corrected chi connectivity index (χ1v) is 5.42. The summed E-state index contributed by atoms with van der Waals surface area (Å²) in [6, 6.07) is 7.74. The van der Waals surface area contributed by atoms with Gasteiger partial charge in [0.2, 0.25) is 0 Å². The fourth-order valence-corrected chi connectivity index (χ4v) is 1.60. The van der Waals surface area contributed by atoms with Crippen molar-refractivity contribution in [1.29, 1.82) is 0 Å². The number of aromatic nitrogens is 2. The van der Waals surface area contributed by atoms with Gasteiger partial charge in [-0.3, -0.25) is 10.1 Å². The van der Waals surface area contributed by atoms with Crippen molar-refractivity contribution in [2.45, 2.75) is 12.5 Å². The number of nitro groups is 1. The molecule has 18 heavy (non-hydrogen) atoms. The summed E-state index contributed by atoms with van der Waals surface area (Å²) < 4.78 is 0. The number of benzene rings is 1. The third-order valence-corrected chi connectivity index (χ3v) is 2.52. The van der Waals surface area contributed by atoms with Gasteiger partial charge in [0.25, 0.3) is 5.69 Å². The maximum atomic E-state index is 10.5. The van der Waals surface area contributed by atoms with Crippen LogP contribution in [0.25, 0.3) is 0 Å². The van der Waals surface area contributed by atoms with Crippen molar-refractivity contribution < 1.29 is 4.92 Å². The molecule has 1 unspecified atom stereocenters. The van der Waals surface area contributed by atoms with E-state index in [0.717, 1.165) is 5.56 Å². The molecule has 92 valence electrons. The van der Waals surface area contributed by atoms with E-state index < -0.39 is 4.92 Å². The minimum absolute atomic E-state index is 0.0725. The smallest absolute Gasteiger partial charge is 0.269 e. The Morgan fingerprint density at radius 2 is 1.83 bits per heavy atom. The van der Waals surface area contributed by atoms with Crippen molar-refractivity contribution in [3.63, 3.8) is 0 Å². The molecule has 1 aromatic carbocycles. The number of hydrogen-bond donors (Lipinski definition) is 1. The molecule has 2 aromatic rings. The molecule has 0 aliphatic carbocycles. The number of hydrogen-bond acceptors (Lipinski definition) is 5. The first-order chi connectivity index (χ1) is 8.66. The van der Waals surface area contributed by atoms with Crippen LogP contribution in [0.5, 0.6) is 0 Å². The van der Waals surface area contributed by atoms with Crippen LogP contribution in [0, 0.1) is 10.1 Å². The van der Waals surface area contributed by atoms with Crippen molar-refractivity contribution in [2.24, 2.45) is 5.73 Å². The average molecular weight is 244 g/mol. The summed E-state index contributed by atoms with van der Waals surface area (Å²) >= 11 is 0. The Kier molecular flexibility index (Phi) is 3.59. The van der Waals surface area contributed by atoms with Gasteiger partial charge in [0.1, 0.15) is 5.82 Å². The van der Waals surface area contributed by atoms with Gasteiger partial charge >= 0.3 is 0 Å². The summed E-state index contributed by atoms with van der Waals surface area (Å²) in [5, 5.41) is 10.5. The molecule has 6 heteroatoms. The standard InChI is InChI=1S/C12H12N4O2/c13-11(12-14-6-1-7-15-12)8-9-2-4-10(5-3-9)16(17)18/h1-7,11H,8,13H2. The molecule has 6 nitrogen and oxygen atoms in total. The molecular weight excluding hydrogens is 232 g/mol. The largest absolute Gasteiger partial charge is 0.321 e. The maximum absolute atomic E-state index is 10.5. The molecule has 0 aliphatic heterocycles. The van der Waals surface area contributed by atoms with Gasteiger partial charge in [0.15, 0.2) is 0 Å². The van der Waals surface area contributed by atoms with Crippen LogP contribution in [0.15, 0.2) is 42.7 Å². The van der Waals surface area contributed by atoms with E-state index in [-0.39, 0.29) is 11.7 Å². The Balaban J connectivity index is 2.08. The molecule has 0 amide bonds. The van der Waals surface area contributed by atoms with Crippen LogP contribution in [-0.2, 0) is 6.42 Å².